The van der Waals surface area contributed by atoms with E-state index in [1.54, 1.807) is 41.4 Å². The summed E-state index contributed by atoms with van der Waals surface area (Å²) >= 11 is 6.22. The second-order valence-electron chi connectivity index (χ2n) is 7.65. The number of halogens is 1. The quantitative estimate of drug-likeness (QED) is 0.667. The number of hydrogen-bond acceptors (Lipinski definition) is 5. The minimum Gasteiger partial charge on any atom is -0.454 e. The molecule has 31 heavy (non-hydrogen) atoms. The van der Waals surface area contributed by atoms with Crippen LogP contribution in [-0.4, -0.2) is 41.6 Å². The number of aromatic nitrogens is 1. The van der Waals surface area contributed by atoms with Crippen LogP contribution < -0.4 is 14.8 Å². The Kier molecular flexibility index (Phi) is 5.11. The molecule has 0 aliphatic carbocycles. The van der Waals surface area contributed by atoms with Gasteiger partial charge < -0.3 is 19.7 Å². The van der Waals surface area contributed by atoms with E-state index in [2.05, 4.69) is 10.3 Å². The van der Waals surface area contributed by atoms with E-state index in [4.69, 9.17) is 21.1 Å². The number of ether oxygens (including phenoxy) is 2. The summed E-state index contributed by atoms with van der Waals surface area (Å²) in [6.07, 6.45) is 2.85. The molecule has 5 rings (SSSR count). The molecule has 0 bridgehead atoms. The van der Waals surface area contributed by atoms with Crippen molar-refractivity contribution in [1.82, 2.24) is 9.88 Å². The lowest BCUT2D eigenvalue weighted by Gasteiger charge is -2.31. The predicted molar refractivity (Wildman–Crippen MR) is 117 cm³/mol. The van der Waals surface area contributed by atoms with Crippen molar-refractivity contribution >= 4 is 40.0 Å². The number of nitrogens with zero attached hydrogens (tertiary/aromatic N) is 2. The Hall–Kier alpha value is -3.32. The lowest BCUT2D eigenvalue weighted by molar-refractivity contribution is -0.121. The fourth-order valence-corrected chi connectivity index (χ4v) is 4.28. The highest BCUT2D eigenvalue weighted by molar-refractivity contribution is 6.32. The summed E-state index contributed by atoms with van der Waals surface area (Å²) in [5.74, 6) is 0.971. The van der Waals surface area contributed by atoms with E-state index in [1.807, 2.05) is 12.1 Å². The van der Waals surface area contributed by atoms with Gasteiger partial charge in [-0.15, -0.1) is 0 Å². The zero-order valence-electron chi connectivity index (χ0n) is 16.6. The van der Waals surface area contributed by atoms with Crippen LogP contribution in [0.1, 0.15) is 23.2 Å². The summed E-state index contributed by atoms with van der Waals surface area (Å²) in [6.45, 7) is 1.19. The van der Waals surface area contributed by atoms with Crippen LogP contribution in [0.5, 0.6) is 11.5 Å². The SMILES string of the molecule is O=C(Nc1ccc2c(c1)OCO2)C1CCN(C(=O)c2cc(Cl)cc3cccnc23)CC1. The van der Waals surface area contributed by atoms with Crippen molar-refractivity contribution in [2.75, 3.05) is 25.2 Å². The number of fused-ring (bicyclic) bond motifs is 2. The first-order valence-corrected chi connectivity index (χ1v) is 10.5. The van der Waals surface area contributed by atoms with Gasteiger partial charge in [-0.25, -0.2) is 0 Å². The number of carbonyl (C=O) groups is 2. The minimum atomic E-state index is -0.163. The highest BCUT2D eigenvalue weighted by atomic mass is 35.5. The summed E-state index contributed by atoms with van der Waals surface area (Å²) in [5, 5.41) is 4.28. The summed E-state index contributed by atoms with van der Waals surface area (Å²) in [7, 11) is 0. The van der Waals surface area contributed by atoms with Gasteiger partial charge in [0.1, 0.15) is 0 Å². The zero-order valence-corrected chi connectivity index (χ0v) is 17.4. The van der Waals surface area contributed by atoms with E-state index >= 15 is 0 Å². The van der Waals surface area contributed by atoms with E-state index in [9.17, 15) is 9.59 Å². The summed E-state index contributed by atoms with van der Waals surface area (Å²) in [4.78, 5) is 32.0. The van der Waals surface area contributed by atoms with Gasteiger partial charge >= 0.3 is 0 Å². The molecule has 2 amide bonds. The zero-order chi connectivity index (χ0) is 21.4. The first-order chi connectivity index (χ1) is 15.1. The maximum atomic E-state index is 13.1. The monoisotopic (exact) mass is 437 g/mol. The highest BCUT2D eigenvalue weighted by Crippen LogP contribution is 2.34. The molecule has 2 aromatic carbocycles. The number of nitrogens with one attached hydrogen (secondary N) is 1. The van der Waals surface area contributed by atoms with Gasteiger partial charge in [-0.2, -0.15) is 0 Å². The molecular weight excluding hydrogens is 418 g/mol. The molecule has 0 atom stereocenters. The van der Waals surface area contributed by atoms with Crippen LogP contribution in [0.4, 0.5) is 5.69 Å². The average Bonchev–Trinajstić information content (AvgIpc) is 3.26. The average molecular weight is 438 g/mol. The third-order valence-electron chi connectivity index (χ3n) is 5.69. The highest BCUT2D eigenvalue weighted by Gasteiger charge is 2.29. The van der Waals surface area contributed by atoms with Crippen molar-refractivity contribution in [3.63, 3.8) is 0 Å². The molecule has 1 N–H and O–H groups in total. The number of carbonyl (C=O) groups excluding carboxylic acids is 2. The summed E-state index contributed by atoms with van der Waals surface area (Å²) in [5.41, 5.74) is 1.80. The minimum absolute atomic E-state index is 0.0548. The molecule has 0 radical (unpaired) electrons. The lowest BCUT2D eigenvalue weighted by atomic mass is 9.95. The van der Waals surface area contributed by atoms with Gasteiger partial charge in [-0.1, -0.05) is 17.7 Å². The first kappa shape index (κ1) is 19.6. The summed E-state index contributed by atoms with van der Waals surface area (Å²) in [6, 6.07) is 12.5. The van der Waals surface area contributed by atoms with Crippen LogP contribution in [-0.2, 0) is 4.79 Å². The number of piperidine rings is 1. The summed E-state index contributed by atoms with van der Waals surface area (Å²) < 4.78 is 10.6. The largest absolute Gasteiger partial charge is 0.454 e. The smallest absolute Gasteiger partial charge is 0.256 e. The molecule has 2 aliphatic heterocycles. The predicted octanol–water partition coefficient (Wildman–Crippen LogP) is 4.11. The van der Waals surface area contributed by atoms with Crippen LogP contribution >= 0.6 is 11.6 Å². The van der Waals surface area contributed by atoms with Crippen molar-refractivity contribution in [1.29, 1.82) is 0 Å². The van der Waals surface area contributed by atoms with Crippen molar-refractivity contribution in [3.05, 3.63) is 59.2 Å². The van der Waals surface area contributed by atoms with Crippen LogP contribution in [0, 0.1) is 5.92 Å². The maximum Gasteiger partial charge on any atom is 0.256 e. The number of anilines is 1. The van der Waals surface area contributed by atoms with E-state index in [1.165, 1.54) is 0 Å². The number of pyridine rings is 1. The normalized spacial score (nSPS) is 15.8. The molecule has 1 aromatic heterocycles. The second kappa shape index (κ2) is 8.07. The number of rotatable bonds is 3. The van der Waals surface area contributed by atoms with Gasteiger partial charge in [0.2, 0.25) is 12.7 Å². The topological polar surface area (TPSA) is 80.8 Å². The van der Waals surface area contributed by atoms with Crippen molar-refractivity contribution in [2.45, 2.75) is 12.8 Å². The standard InChI is InChI=1S/C23H20ClN3O4/c24-16-10-15-2-1-7-25-21(15)18(11-16)23(29)27-8-5-14(6-9-27)22(28)26-17-3-4-19-20(12-17)31-13-30-19/h1-4,7,10-12,14H,5-6,8-9,13H2,(H,26,28). The second-order valence-corrected chi connectivity index (χ2v) is 8.09. The van der Waals surface area contributed by atoms with Crippen molar-refractivity contribution in [3.8, 4) is 11.5 Å². The Morgan fingerprint density at radius 2 is 1.87 bits per heavy atom. The molecule has 0 unspecified atom stereocenters. The Bertz CT molecular complexity index is 1170. The molecule has 1 saturated heterocycles. The Morgan fingerprint density at radius 1 is 1.06 bits per heavy atom. The third kappa shape index (κ3) is 3.88. The molecule has 3 aromatic rings. The van der Waals surface area contributed by atoms with Crippen molar-refractivity contribution in [2.24, 2.45) is 5.92 Å². The van der Waals surface area contributed by atoms with Crippen LogP contribution in [0.15, 0.2) is 48.7 Å². The molecule has 3 heterocycles. The molecule has 0 spiro atoms. The van der Waals surface area contributed by atoms with Gasteiger partial charge in [0, 0.05) is 47.4 Å². The van der Waals surface area contributed by atoms with Crippen LogP contribution in [0.3, 0.4) is 0 Å². The van der Waals surface area contributed by atoms with Gasteiger partial charge in [0.15, 0.2) is 11.5 Å². The van der Waals surface area contributed by atoms with E-state index < -0.39 is 0 Å². The fourth-order valence-electron chi connectivity index (χ4n) is 4.05. The Morgan fingerprint density at radius 3 is 2.71 bits per heavy atom. The Labute approximate surface area is 183 Å². The lowest BCUT2D eigenvalue weighted by Crippen LogP contribution is -2.41. The van der Waals surface area contributed by atoms with Crippen LogP contribution in [0.25, 0.3) is 10.9 Å². The van der Waals surface area contributed by atoms with Gasteiger partial charge in [-0.3, -0.25) is 14.6 Å². The number of amides is 2. The van der Waals surface area contributed by atoms with Gasteiger partial charge in [0.25, 0.3) is 5.91 Å². The molecule has 7 nitrogen and oxygen atoms in total. The number of likely N-dealkylation sites (tertiary alicyclic amines) is 1. The van der Waals surface area contributed by atoms with E-state index in [0.29, 0.717) is 59.2 Å². The van der Waals surface area contributed by atoms with Crippen LogP contribution in [0.2, 0.25) is 5.02 Å². The van der Waals surface area contributed by atoms with E-state index in [0.717, 1.165) is 5.39 Å². The number of hydrogen-bond donors (Lipinski definition) is 1. The number of benzene rings is 2. The molecule has 2 aliphatic rings. The van der Waals surface area contributed by atoms with Gasteiger partial charge in [0.05, 0.1) is 11.1 Å². The van der Waals surface area contributed by atoms with Crippen molar-refractivity contribution < 1.29 is 19.1 Å². The Balaban J connectivity index is 1.24. The molecule has 0 saturated carbocycles. The molecule has 158 valence electrons. The molecule has 8 heteroatoms. The fraction of sp³-hybridized carbons (Fsp3) is 0.261. The third-order valence-corrected chi connectivity index (χ3v) is 5.91. The van der Waals surface area contributed by atoms with Gasteiger partial charge in [-0.05, 0) is 43.2 Å². The maximum absolute atomic E-state index is 13.1. The van der Waals surface area contributed by atoms with E-state index in [-0.39, 0.29) is 24.5 Å². The molecular formula is C23H20ClN3O4. The first-order valence-electron chi connectivity index (χ1n) is 10.1. The molecule has 1 fully saturated rings.